The van der Waals surface area contributed by atoms with Crippen molar-refractivity contribution < 1.29 is 4.74 Å². The minimum atomic E-state index is 0.107. The third-order valence-corrected chi connectivity index (χ3v) is 3.20. The number of pyridine rings is 1. The van der Waals surface area contributed by atoms with Gasteiger partial charge in [0.1, 0.15) is 5.82 Å². The van der Waals surface area contributed by atoms with Gasteiger partial charge in [-0.15, -0.1) is 0 Å². The highest BCUT2D eigenvalue weighted by atomic mass is 16.5. The first-order valence-corrected chi connectivity index (χ1v) is 6.05. The van der Waals surface area contributed by atoms with Gasteiger partial charge in [-0.25, -0.2) is 4.98 Å². The van der Waals surface area contributed by atoms with Crippen LogP contribution in [0.2, 0.25) is 0 Å². The van der Waals surface area contributed by atoms with E-state index in [9.17, 15) is 0 Å². The number of aromatic nitrogens is 1. The van der Waals surface area contributed by atoms with E-state index < -0.39 is 0 Å². The fourth-order valence-corrected chi connectivity index (χ4v) is 2.07. The van der Waals surface area contributed by atoms with E-state index in [0.717, 1.165) is 25.3 Å². The largest absolute Gasteiger partial charge is 0.384 e. The monoisotopic (exact) mass is 235 g/mol. The quantitative estimate of drug-likeness (QED) is 0.807. The van der Waals surface area contributed by atoms with Crippen LogP contribution in [0.5, 0.6) is 0 Å². The first-order chi connectivity index (χ1) is 7.97. The maximum atomic E-state index is 5.81. The second-order valence-corrected chi connectivity index (χ2v) is 5.49. The third-order valence-electron chi connectivity index (χ3n) is 3.20. The van der Waals surface area contributed by atoms with Gasteiger partial charge in [0.15, 0.2) is 0 Å². The molecule has 1 aliphatic heterocycles. The standard InChI is InChI=1S/C13H21N3O/c1-13(2,3)16-6-7-17-11(9-16)10-4-5-12(14)15-8-10/h4-5,8,11H,6-7,9H2,1-3H3,(H2,14,15). The number of rotatable bonds is 1. The lowest BCUT2D eigenvalue weighted by molar-refractivity contribution is -0.0597. The van der Waals surface area contributed by atoms with Gasteiger partial charge in [-0.3, -0.25) is 4.90 Å². The molecule has 94 valence electrons. The lowest BCUT2D eigenvalue weighted by Gasteiger charge is -2.41. The molecule has 2 N–H and O–H groups in total. The molecular formula is C13H21N3O. The zero-order chi connectivity index (χ0) is 12.5. The van der Waals surface area contributed by atoms with E-state index in [1.54, 1.807) is 0 Å². The topological polar surface area (TPSA) is 51.4 Å². The average Bonchev–Trinajstić information content (AvgIpc) is 2.29. The highest BCUT2D eigenvalue weighted by Crippen LogP contribution is 2.26. The summed E-state index contributed by atoms with van der Waals surface area (Å²) in [6.07, 6.45) is 1.92. The van der Waals surface area contributed by atoms with Crippen molar-refractivity contribution in [2.45, 2.75) is 32.4 Å². The molecule has 2 heterocycles. The number of morpholine rings is 1. The summed E-state index contributed by atoms with van der Waals surface area (Å²) < 4.78 is 5.81. The predicted octanol–water partition coefficient (Wildman–Crippen LogP) is 1.84. The van der Waals surface area contributed by atoms with E-state index in [1.807, 2.05) is 18.3 Å². The van der Waals surface area contributed by atoms with Gasteiger partial charge >= 0.3 is 0 Å². The van der Waals surface area contributed by atoms with Crippen LogP contribution in [0.1, 0.15) is 32.4 Å². The van der Waals surface area contributed by atoms with Crippen LogP contribution < -0.4 is 5.73 Å². The SMILES string of the molecule is CC(C)(C)N1CCOC(c2ccc(N)nc2)C1. The van der Waals surface area contributed by atoms with Crippen molar-refractivity contribution >= 4 is 5.82 Å². The Morgan fingerprint density at radius 3 is 2.76 bits per heavy atom. The summed E-state index contributed by atoms with van der Waals surface area (Å²) in [6, 6.07) is 3.83. The summed E-state index contributed by atoms with van der Waals surface area (Å²) in [5, 5.41) is 0. The van der Waals surface area contributed by atoms with E-state index >= 15 is 0 Å². The van der Waals surface area contributed by atoms with Crippen LogP contribution in [-0.4, -0.2) is 35.1 Å². The van der Waals surface area contributed by atoms with Crippen molar-refractivity contribution in [2.24, 2.45) is 0 Å². The second kappa shape index (κ2) is 4.63. The Hall–Kier alpha value is -1.13. The van der Waals surface area contributed by atoms with Crippen molar-refractivity contribution in [1.82, 2.24) is 9.88 Å². The van der Waals surface area contributed by atoms with E-state index in [-0.39, 0.29) is 11.6 Å². The minimum Gasteiger partial charge on any atom is -0.384 e. The molecule has 1 unspecified atom stereocenters. The van der Waals surface area contributed by atoms with E-state index in [1.165, 1.54) is 0 Å². The Labute approximate surface area is 103 Å². The fraction of sp³-hybridized carbons (Fsp3) is 0.615. The molecule has 0 amide bonds. The van der Waals surface area contributed by atoms with Gasteiger partial charge in [-0.2, -0.15) is 0 Å². The Morgan fingerprint density at radius 2 is 2.18 bits per heavy atom. The van der Waals surface area contributed by atoms with Crippen LogP contribution in [0.15, 0.2) is 18.3 Å². The molecule has 1 aromatic rings. The Kier molecular flexibility index (Phi) is 3.35. The number of nitrogens with zero attached hydrogens (tertiary/aromatic N) is 2. The van der Waals surface area contributed by atoms with Gasteiger partial charge in [0.05, 0.1) is 12.7 Å². The van der Waals surface area contributed by atoms with Crippen LogP contribution in [-0.2, 0) is 4.74 Å². The molecule has 1 atom stereocenters. The van der Waals surface area contributed by atoms with E-state index in [2.05, 4.69) is 30.7 Å². The summed E-state index contributed by atoms with van der Waals surface area (Å²) >= 11 is 0. The maximum absolute atomic E-state index is 5.81. The first-order valence-electron chi connectivity index (χ1n) is 6.05. The molecular weight excluding hydrogens is 214 g/mol. The highest BCUT2D eigenvalue weighted by Gasteiger charge is 2.29. The number of hydrogen-bond donors (Lipinski definition) is 1. The molecule has 4 nitrogen and oxygen atoms in total. The maximum Gasteiger partial charge on any atom is 0.123 e. The van der Waals surface area contributed by atoms with Crippen LogP contribution in [0.4, 0.5) is 5.82 Å². The molecule has 1 aromatic heterocycles. The van der Waals surface area contributed by atoms with Gasteiger partial charge in [0, 0.05) is 30.4 Å². The molecule has 1 aliphatic rings. The van der Waals surface area contributed by atoms with Crippen LogP contribution in [0.25, 0.3) is 0 Å². The van der Waals surface area contributed by atoms with Crippen molar-refractivity contribution in [3.63, 3.8) is 0 Å². The Balaban J connectivity index is 2.09. The lowest BCUT2D eigenvalue weighted by Crippen LogP contribution is -2.48. The molecule has 17 heavy (non-hydrogen) atoms. The Bertz CT molecular complexity index is 369. The molecule has 0 aliphatic carbocycles. The molecule has 1 saturated heterocycles. The molecule has 0 aromatic carbocycles. The molecule has 0 spiro atoms. The predicted molar refractivity (Wildman–Crippen MR) is 68.7 cm³/mol. The molecule has 4 heteroatoms. The molecule has 1 fully saturated rings. The third kappa shape index (κ3) is 2.96. The van der Waals surface area contributed by atoms with Crippen molar-refractivity contribution in [3.8, 4) is 0 Å². The van der Waals surface area contributed by atoms with Crippen molar-refractivity contribution in [1.29, 1.82) is 0 Å². The smallest absolute Gasteiger partial charge is 0.123 e. The van der Waals surface area contributed by atoms with E-state index in [0.29, 0.717) is 5.82 Å². The summed E-state index contributed by atoms with van der Waals surface area (Å²) in [4.78, 5) is 6.56. The molecule has 0 radical (unpaired) electrons. The zero-order valence-electron chi connectivity index (χ0n) is 10.8. The number of nitrogen functional groups attached to an aromatic ring is 1. The summed E-state index contributed by atoms with van der Waals surface area (Å²) in [5.41, 5.74) is 6.88. The highest BCUT2D eigenvalue weighted by molar-refractivity contribution is 5.30. The molecule has 0 saturated carbocycles. The van der Waals surface area contributed by atoms with E-state index in [4.69, 9.17) is 10.5 Å². The summed E-state index contributed by atoms with van der Waals surface area (Å²) in [6.45, 7) is 9.37. The van der Waals surface area contributed by atoms with Gasteiger partial charge in [0.2, 0.25) is 0 Å². The minimum absolute atomic E-state index is 0.107. The first kappa shape index (κ1) is 12.3. The number of anilines is 1. The van der Waals surface area contributed by atoms with Crippen LogP contribution in [0.3, 0.4) is 0 Å². The van der Waals surface area contributed by atoms with Gasteiger partial charge in [-0.1, -0.05) is 6.07 Å². The number of hydrogen-bond acceptors (Lipinski definition) is 4. The lowest BCUT2D eigenvalue weighted by atomic mass is 10.0. The van der Waals surface area contributed by atoms with Crippen LogP contribution >= 0.6 is 0 Å². The molecule has 2 rings (SSSR count). The number of nitrogens with two attached hydrogens (primary N) is 1. The van der Waals surface area contributed by atoms with Gasteiger partial charge < -0.3 is 10.5 Å². The van der Waals surface area contributed by atoms with Crippen molar-refractivity contribution in [2.75, 3.05) is 25.4 Å². The van der Waals surface area contributed by atoms with Gasteiger partial charge in [0.25, 0.3) is 0 Å². The second-order valence-electron chi connectivity index (χ2n) is 5.49. The molecule has 0 bridgehead atoms. The van der Waals surface area contributed by atoms with Crippen LogP contribution in [0, 0.1) is 0 Å². The Morgan fingerprint density at radius 1 is 1.41 bits per heavy atom. The normalized spacial score (nSPS) is 22.6. The number of ether oxygens (including phenoxy) is 1. The summed E-state index contributed by atoms with van der Waals surface area (Å²) in [5.74, 6) is 0.553. The van der Waals surface area contributed by atoms with Gasteiger partial charge in [-0.05, 0) is 26.8 Å². The van der Waals surface area contributed by atoms with Crippen molar-refractivity contribution in [3.05, 3.63) is 23.9 Å². The zero-order valence-corrected chi connectivity index (χ0v) is 10.8. The summed E-state index contributed by atoms with van der Waals surface area (Å²) in [7, 11) is 0. The average molecular weight is 235 g/mol. The fourth-order valence-electron chi connectivity index (χ4n) is 2.07.